The van der Waals surface area contributed by atoms with Gasteiger partial charge in [0.15, 0.2) is 17.3 Å². The first kappa shape index (κ1) is 21.3. The molecule has 0 amide bonds. The van der Waals surface area contributed by atoms with Crippen LogP contribution in [0.4, 0.5) is 23.4 Å². The Kier molecular flexibility index (Phi) is 5.80. The Labute approximate surface area is 179 Å². The van der Waals surface area contributed by atoms with Crippen LogP contribution in [0.5, 0.6) is 11.6 Å². The number of alkyl halides is 3. The summed E-state index contributed by atoms with van der Waals surface area (Å²) < 4.78 is 57.4. The van der Waals surface area contributed by atoms with E-state index in [1.807, 2.05) is 6.07 Å². The zero-order chi connectivity index (χ0) is 22.7. The van der Waals surface area contributed by atoms with E-state index in [-0.39, 0.29) is 0 Å². The van der Waals surface area contributed by atoms with Gasteiger partial charge >= 0.3 is 6.18 Å². The molecule has 4 aromatic rings. The topological polar surface area (TPSA) is 85.7 Å². The van der Waals surface area contributed by atoms with Gasteiger partial charge in [0.25, 0.3) is 5.88 Å². The first-order valence-corrected chi connectivity index (χ1v) is 9.47. The van der Waals surface area contributed by atoms with Crippen LogP contribution < -0.4 is 10.1 Å². The predicted molar refractivity (Wildman–Crippen MR) is 108 cm³/mol. The van der Waals surface area contributed by atoms with Crippen molar-refractivity contribution in [3.05, 3.63) is 71.7 Å². The minimum absolute atomic E-state index is 0.296. The number of benzene rings is 1. The van der Waals surface area contributed by atoms with Crippen LogP contribution in [0.3, 0.4) is 0 Å². The van der Waals surface area contributed by atoms with Crippen molar-refractivity contribution in [2.24, 2.45) is 0 Å². The van der Waals surface area contributed by atoms with Gasteiger partial charge in [0.05, 0.1) is 5.56 Å². The lowest BCUT2D eigenvalue weighted by Crippen LogP contribution is -2.08. The molecule has 3 heterocycles. The van der Waals surface area contributed by atoms with Crippen LogP contribution in [0.1, 0.15) is 16.7 Å². The molecule has 0 bridgehead atoms. The molecule has 32 heavy (non-hydrogen) atoms. The molecule has 0 saturated heterocycles. The first-order chi connectivity index (χ1) is 15.3. The normalized spacial score (nSPS) is 11.5. The van der Waals surface area contributed by atoms with Gasteiger partial charge in [-0.2, -0.15) is 13.2 Å². The van der Waals surface area contributed by atoms with Gasteiger partial charge in [-0.1, -0.05) is 12.1 Å². The molecular formula is C21H16F4N6O. The summed E-state index contributed by atoms with van der Waals surface area (Å²) in [6, 6.07) is 5.61. The summed E-state index contributed by atoms with van der Waals surface area (Å²) in [6.07, 6.45) is 1.02. The fourth-order valence-electron chi connectivity index (χ4n) is 2.99. The predicted octanol–water partition coefficient (Wildman–Crippen LogP) is 4.73. The highest BCUT2D eigenvalue weighted by Crippen LogP contribution is 2.32. The third kappa shape index (κ3) is 4.71. The SMILES string of the molecule is Cc1cc(CCNc2ncnc3nccnc23)ccc1Oc1ncc(C(F)(F)F)cc1F. The zero-order valence-corrected chi connectivity index (χ0v) is 16.7. The number of hydrogen-bond donors (Lipinski definition) is 1. The van der Waals surface area contributed by atoms with Crippen molar-refractivity contribution in [1.29, 1.82) is 0 Å². The summed E-state index contributed by atoms with van der Waals surface area (Å²) in [6.45, 7) is 2.30. The number of rotatable bonds is 6. The quantitative estimate of drug-likeness (QED) is 0.431. The van der Waals surface area contributed by atoms with E-state index in [1.165, 1.54) is 6.33 Å². The van der Waals surface area contributed by atoms with E-state index in [4.69, 9.17) is 4.74 Å². The molecule has 0 radical (unpaired) electrons. The smallest absolute Gasteiger partial charge is 0.417 e. The average Bonchev–Trinajstić information content (AvgIpc) is 2.76. The Morgan fingerprint density at radius 3 is 2.56 bits per heavy atom. The number of hydrogen-bond acceptors (Lipinski definition) is 7. The lowest BCUT2D eigenvalue weighted by molar-refractivity contribution is -0.138. The van der Waals surface area contributed by atoms with E-state index in [0.717, 1.165) is 5.56 Å². The first-order valence-electron chi connectivity index (χ1n) is 9.47. The van der Waals surface area contributed by atoms with Crippen LogP contribution in [-0.4, -0.2) is 31.5 Å². The minimum atomic E-state index is -4.68. The third-order valence-electron chi connectivity index (χ3n) is 4.56. The summed E-state index contributed by atoms with van der Waals surface area (Å²) in [5, 5.41) is 3.20. The molecule has 4 rings (SSSR count). The number of aryl methyl sites for hydroxylation is 1. The molecule has 3 aromatic heterocycles. The van der Waals surface area contributed by atoms with Crippen molar-refractivity contribution in [2.75, 3.05) is 11.9 Å². The molecule has 0 fully saturated rings. The Balaban J connectivity index is 1.41. The largest absolute Gasteiger partial charge is 0.436 e. The fourth-order valence-corrected chi connectivity index (χ4v) is 2.99. The number of aromatic nitrogens is 5. The number of pyridine rings is 1. The molecule has 0 aliphatic rings. The van der Waals surface area contributed by atoms with Crippen molar-refractivity contribution in [3.8, 4) is 11.6 Å². The molecule has 1 N–H and O–H groups in total. The molecule has 1 aromatic carbocycles. The second-order valence-corrected chi connectivity index (χ2v) is 6.84. The van der Waals surface area contributed by atoms with Crippen molar-refractivity contribution < 1.29 is 22.3 Å². The van der Waals surface area contributed by atoms with Gasteiger partial charge in [-0.25, -0.2) is 29.3 Å². The molecule has 0 aliphatic heterocycles. The molecule has 0 saturated carbocycles. The number of anilines is 1. The van der Waals surface area contributed by atoms with Crippen LogP contribution in [0.2, 0.25) is 0 Å². The molecule has 0 spiro atoms. The summed E-state index contributed by atoms with van der Waals surface area (Å²) in [5.41, 5.74) is 1.53. The average molecular weight is 444 g/mol. The van der Waals surface area contributed by atoms with Gasteiger partial charge in [0.2, 0.25) is 0 Å². The van der Waals surface area contributed by atoms with Crippen LogP contribution in [0, 0.1) is 12.7 Å². The monoisotopic (exact) mass is 444 g/mol. The van der Waals surface area contributed by atoms with Crippen LogP contribution in [0.15, 0.2) is 49.2 Å². The van der Waals surface area contributed by atoms with E-state index < -0.39 is 23.4 Å². The van der Waals surface area contributed by atoms with E-state index in [0.29, 0.717) is 53.5 Å². The summed E-state index contributed by atoms with van der Waals surface area (Å²) in [7, 11) is 0. The van der Waals surface area contributed by atoms with Crippen molar-refractivity contribution in [1.82, 2.24) is 24.9 Å². The number of nitrogens with zero attached hydrogens (tertiary/aromatic N) is 5. The minimum Gasteiger partial charge on any atom is -0.436 e. The highest BCUT2D eigenvalue weighted by Gasteiger charge is 2.32. The summed E-state index contributed by atoms with van der Waals surface area (Å²) in [5.74, 6) is -0.839. The second kappa shape index (κ2) is 8.69. The van der Waals surface area contributed by atoms with Crippen molar-refractivity contribution in [2.45, 2.75) is 19.5 Å². The Hall–Kier alpha value is -3.89. The molecule has 7 nitrogen and oxygen atoms in total. The third-order valence-corrected chi connectivity index (χ3v) is 4.56. The van der Waals surface area contributed by atoms with E-state index in [1.54, 1.807) is 31.5 Å². The van der Waals surface area contributed by atoms with Crippen molar-refractivity contribution >= 4 is 17.0 Å². The van der Waals surface area contributed by atoms with Crippen LogP contribution in [-0.2, 0) is 12.6 Å². The van der Waals surface area contributed by atoms with Gasteiger partial charge in [-0.15, -0.1) is 0 Å². The number of halogens is 4. The molecule has 11 heteroatoms. The number of fused-ring (bicyclic) bond motifs is 1. The molecule has 0 unspecified atom stereocenters. The molecule has 164 valence electrons. The maximum absolute atomic E-state index is 14.0. The molecular weight excluding hydrogens is 428 g/mol. The lowest BCUT2D eigenvalue weighted by Gasteiger charge is -2.12. The lowest BCUT2D eigenvalue weighted by atomic mass is 10.1. The van der Waals surface area contributed by atoms with E-state index in [2.05, 4.69) is 30.2 Å². The van der Waals surface area contributed by atoms with Gasteiger partial charge in [0.1, 0.15) is 17.6 Å². The van der Waals surface area contributed by atoms with Gasteiger partial charge in [-0.05, 0) is 36.6 Å². The fraction of sp³-hybridized carbons (Fsp3) is 0.190. The Bertz CT molecular complexity index is 1260. The number of nitrogens with one attached hydrogen (secondary N) is 1. The Morgan fingerprint density at radius 1 is 1.00 bits per heavy atom. The zero-order valence-electron chi connectivity index (χ0n) is 16.7. The second-order valence-electron chi connectivity index (χ2n) is 6.84. The summed E-state index contributed by atoms with van der Waals surface area (Å²) in [4.78, 5) is 20.1. The van der Waals surface area contributed by atoms with Gasteiger partial charge in [0, 0.05) is 25.1 Å². The van der Waals surface area contributed by atoms with Gasteiger partial charge < -0.3 is 10.1 Å². The highest BCUT2D eigenvalue weighted by molar-refractivity contribution is 5.81. The van der Waals surface area contributed by atoms with E-state index >= 15 is 0 Å². The maximum Gasteiger partial charge on any atom is 0.417 e. The maximum atomic E-state index is 14.0. The summed E-state index contributed by atoms with van der Waals surface area (Å²) >= 11 is 0. The van der Waals surface area contributed by atoms with E-state index in [9.17, 15) is 17.6 Å². The Morgan fingerprint density at radius 2 is 1.81 bits per heavy atom. The van der Waals surface area contributed by atoms with Crippen LogP contribution >= 0.6 is 0 Å². The molecule has 0 atom stereocenters. The van der Waals surface area contributed by atoms with Crippen molar-refractivity contribution in [3.63, 3.8) is 0 Å². The molecule has 0 aliphatic carbocycles. The highest BCUT2D eigenvalue weighted by atomic mass is 19.4. The van der Waals surface area contributed by atoms with Gasteiger partial charge in [-0.3, -0.25) is 0 Å². The number of ether oxygens (including phenoxy) is 1. The standard InChI is InChI=1S/C21H16F4N6O/c1-12-8-13(4-5-27-18-17-19(31-11-30-18)28-7-6-26-17)2-3-16(12)32-20-15(22)9-14(10-29-20)21(23,24)25/h2-3,6-11H,4-5H2,1H3,(H,27,28,30,31). The van der Waals surface area contributed by atoms with Crippen LogP contribution in [0.25, 0.3) is 11.2 Å².